The number of piperidine rings is 1. The summed E-state index contributed by atoms with van der Waals surface area (Å²) in [7, 11) is -3.69. The van der Waals surface area contributed by atoms with Crippen molar-refractivity contribution < 1.29 is 18.3 Å². The highest BCUT2D eigenvalue weighted by Crippen LogP contribution is 2.28. The normalized spacial score (nSPS) is 23.9. The zero-order chi connectivity index (χ0) is 15.8. The fourth-order valence-electron chi connectivity index (χ4n) is 2.83. The van der Waals surface area contributed by atoms with Crippen LogP contribution in [0.3, 0.4) is 0 Å². The van der Waals surface area contributed by atoms with Crippen molar-refractivity contribution in [3.8, 4) is 0 Å². The summed E-state index contributed by atoms with van der Waals surface area (Å²) in [6.07, 6.45) is 0.994. The van der Waals surface area contributed by atoms with Crippen LogP contribution in [0.2, 0.25) is 0 Å². The molecule has 1 heterocycles. The molecule has 21 heavy (non-hydrogen) atoms. The molecule has 1 saturated heterocycles. The van der Waals surface area contributed by atoms with Gasteiger partial charge in [-0.05, 0) is 36.5 Å². The molecular formula is C14H20N2O4S. The van der Waals surface area contributed by atoms with Crippen LogP contribution < -0.4 is 5.73 Å². The van der Waals surface area contributed by atoms with Gasteiger partial charge in [-0.25, -0.2) is 13.2 Å². The number of hydrogen-bond acceptors (Lipinski definition) is 4. The highest BCUT2D eigenvalue weighted by molar-refractivity contribution is 7.89. The lowest BCUT2D eigenvalue weighted by Crippen LogP contribution is -2.42. The third kappa shape index (κ3) is 3.19. The molecule has 2 rings (SSSR count). The molecule has 6 nitrogen and oxygen atoms in total. The minimum Gasteiger partial charge on any atom is -0.478 e. The zero-order valence-electron chi connectivity index (χ0n) is 12.1. The summed E-state index contributed by atoms with van der Waals surface area (Å²) in [6.45, 7) is 4.95. The second-order valence-electron chi connectivity index (χ2n) is 5.82. The molecule has 2 unspecified atom stereocenters. The number of sulfonamides is 1. The Morgan fingerprint density at radius 3 is 2.38 bits per heavy atom. The number of benzene rings is 1. The van der Waals surface area contributed by atoms with E-state index in [1.54, 1.807) is 0 Å². The van der Waals surface area contributed by atoms with E-state index in [0.717, 1.165) is 12.5 Å². The number of nitrogens with two attached hydrogens (primary N) is 1. The Balaban J connectivity index is 2.40. The fraction of sp³-hybridized carbons (Fsp3) is 0.500. The molecule has 0 aromatic heterocycles. The number of carbonyl (C=O) groups is 1. The zero-order valence-corrected chi connectivity index (χ0v) is 12.9. The van der Waals surface area contributed by atoms with Gasteiger partial charge in [-0.3, -0.25) is 0 Å². The summed E-state index contributed by atoms with van der Waals surface area (Å²) in [5, 5.41) is 9.06. The molecule has 3 N–H and O–H groups in total. The molecule has 1 fully saturated rings. The monoisotopic (exact) mass is 312 g/mol. The van der Waals surface area contributed by atoms with Gasteiger partial charge in [0.25, 0.3) is 0 Å². The molecule has 0 saturated carbocycles. The molecule has 7 heteroatoms. The molecule has 0 amide bonds. The summed E-state index contributed by atoms with van der Waals surface area (Å²) in [5.41, 5.74) is 5.44. The van der Waals surface area contributed by atoms with Crippen molar-refractivity contribution >= 4 is 21.7 Å². The molecule has 1 aliphatic rings. The maximum atomic E-state index is 12.7. The lowest BCUT2D eigenvalue weighted by Gasteiger charge is -2.34. The van der Waals surface area contributed by atoms with Crippen LogP contribution in [0.25, 0.3) is 0 Å². The van der Waals surface area contributed by atoms with E-state index in [1.807, 2.05) is 13.8 Å². The van der Waals surface area contributed by atoms with Crippen LogP contribution in [0.15, 0.2) is 23.1 Å². The van der Waals surface area contributed by atoms with Gasteiger partial charge in [0.15, 0.2) is 0 Å². The van der Waals surface area contributed by atoms with Crippen molar-refractivity contribution in [3.05, 3.63) is 23.8 Å². The second kappa shape index (κ2) is 5.65. The third-order valence-corrected chi connectivity index (χ3v) is 5.56. The number of rotatable bonds is 3. The Bertz CT molecular complexity index is 647. The Labute approximate surface area is 124 Å². The number of carboxylic acid groups (broad SMARTS) is 1. The van der Waals surface area contributed by atoms with Gasteiger partial charge in [-0.2, -0.15) is 4.31 Å². The Kier molecular flexibility index (Phi) is 4.25. The van der Waals surface area contributed by atoms with E-state index in [0.29, 0.717) is 13.1 Å². The van der Waals surface area contributed by atoms with Crippen LogP contribution in [0.5, 0.6) is 0 Å². The lowest BCUT2D eigenvalue weighted by atomic mass is 9.94. The third-order valence-electron chi connectivity index (χ3n) is 3.73. The molecule has 1 aliphatic heterocycles. The fourth-order valence-corrected chi connectivity index (χ4v) is 4.54. The standard InChI is InChI=1S/C14H20N2O4S/c1-9-5-10(2)8-16(7-9)21(19,20)11-3-4-13(15)12(6-11)14(17)18/h3-4,6,9-10H,5,7-8,15H2,1-2H3,(H,17,18). The second-order valence-corrected chi connectivity index (χ2v) is 7.76. The minimum atomic E-state index is -3.69. The van der Waals surface area contributed by atoms with Crippen molar-refractivity contribution in [2.75, 3.05) is 18.8 Å². The number of aromatic carboxylic acids is 1. The van der Waals surface area contributed by atoms with Gasteiger partial charge in [0, 0.05) is 18.8 Å². The first-order chi connectivity index (χ1) is 9.71. The molecule has 1 aromatic carbocycles. The van der Waals surface area contributed by atoms with Gasteiger partial charge in [-0.15, -0.1) is 0 Å². The average molecular weight is 312 g/mol. The largest absolute Gasteiger partial charge is 0.478 e. The van der Waals surface area contributed by atoms with Crippen molar-refractivity contribution in [2.45, 2.75) is 25.2 Å². The number of hydrogen-bond donors (Lipinski definition) is 2. The minimum absolute atomic E-state index is 0.0181. The summed E-state index contributed by atoms with van der Waals surface area (Å²) < 4.78 is 26.7. The summed E-state index contributed by atoms with van der Waals surface area (Å²) in [6, 6.07) is 3.82. The van der Waals surface area contributed by atoms with Crippen LogP contribution in [0, 0.1) is 11.8 Å². The smallest absolute Gasteiger partial charge is 0.337 e. The number of nitrogens with zero attached hydrogens (tertiary/aromatic N) is 1. The average Bonchev–Trinajstić information content (AvgIpc) is 2.37. The van der Waals surface area contributed by atoms with Crippen molar-refractivity contribution in [2.24, 2.45) is 11.8 Å². The molecule has 0 spiro atoms. The molecule has 0 radical (unpaired) electrons. The van der Waals surface area contributed by atoms with Crippen LogP contribution in [-0.4, -0.2) is 36.9 Å². The predicted octanol–water partition coefficient (Wildman–Crippen LogP) is 1.63. The first kappa shape index (κ1) is 15.8. The molecule has 1 aromatic rings. The number of carboxylic acids is 1. The van der Waals surface area contributed by atoms with Crippen LogP contribution in [0.4, 0.5) is 5.69 Å². The van der Waals surface area contributed by atoms with Gasteiger partial charge in [0.2, 0.25) is 10.0 Å². The Morgan fingerprint density at radius 1 is 1.29 bits per heavy atom. The first-order valence-corrected chi connectivity index (χ1v) is 8.28. The van der Waals surface area contributed by atoms with Gasteiger partial charge < -0.3 is 10.8 Å². The van der Waals surface area contributed by atoms with Gasteiger partial charge in [-0.1, -0.05) is 13.8 Å². The molecule has 0 bridgehead atoms. The summed E-state index contributed by atoms with van der Waals surface area (Å²) in [4.78, 5) is 11.1. The Hall–Kier alpha value is -1.60. The highest BCUT2D eigenvalue weighted by Gasteiger charge is 2.32. The first-order valence-electron chi connectivity index (χ1n) is 6.84. The van der Waals surface area contributed by atoms with E-state index >= 15 is 0 Å². The van der Waals surface area contributed by atoms with Crippen LogP contribution >= 0.6 is 0 Å². The number of nitrogen functional groups attached to an aromatic ring is 1. The van der Waals surface area contributed by atoms with E-state index in [2.05, 4.69) is 0 Å². The van der Waals surface area contributed by atoms with Crippen LogP contribution in [0.1, 0.15) is 30.6 Å². The van der Waals surface area contributed by atoms with E-state index < -0.39 is 16.0 Å². The van der Waals surface area contributed by atoms with Gasteiger partial charge >= 0.3 is 5.97 Å². The van der Waals surface area contributed by atoms with E-state index in [9.17, 15) is 13.2 Å². The van der Waals surface area contributed by atoms with Gasteiger partial charge in [0.05, 0.1) is 10.5 Å². The highest BCUT2D eigenvalue weighted by atomic mass is 32.2. The summed E-state index contributed by atoms with van der Waals surface area (Å²) >= 11 is 0. The maximum absolute atomic E-state index is 12.7. The quantitative estimate of drug-likeness (QED) is 0.826. The van der Waals surface area contributed by atoms with E-state index in [1.165, 1.54) is 16.4 Å². The Morgan fingerprint density at radius 2 is 1.86 bits per heavy atom. The SMILES string of the molecule is CC1CC(C)CN(S(=O)(=O)c2ccc(N)c(C(=O)O)c2)C1. The van der Waals surface area contributed by atoms with Crippen molar-refractivity contribution in [1.29, 1.82) is 0 Å². The lowest BCUT2D eigenvalue weighted by molar-refractivity contribution is 0.0698. The molecule has 0 aliphatic carbocycles. The van der Waals surface area contributed by atoms with Gasteiger partial charge in [0.1, 0.15) is 0 Å². The molecule has 2 atom stereocenters. The van der Waals surface area contributed by atoms with Crippen molar-refractivity contribution in [1.82, 2.24) is 4.31 Å². The molecular weight excluding hydrogens is 292 g/mol. The van der Waals surface area contributed by atoms with Crippen LogP contribution in [-0.2, 0) is 10.0 Å². The van der Waals surface area contributed by atoms with E-state index in [4.69, 9.17) is 10.8 Å². The summed E-state index contributed by atoms with van der Waals surface area (Å²) in [5.74, 6) is -0.655. The predicted molar refractivity (Wildman–Crippen MR) is 79.5 cm³/mol. The molecule has 116 valence electrons. The topological polar surface area (TPSA) is 101 Å². The number of anilines is 1. The maximum Gasteiger partial charge on any atom is 0.337 e. The van der Waals surface area contributed by atoms with Crippen molar-refractivity contribution in [3.63, 3.8) is 0 Å². The van der Waals surface area contributed by atoms with E-state index in [-0.39, 0.29) is 28.0 Å².